The van der Waals surface area contributed by atoms with E-state index in [0.717, 1.165) is 6.20 Å². The predicted octanol–water partition coefficient (Wildman–Crippen LogP) is 4.43. The maximum absolute atomic E-state index is 13.1. The van der Waals surface area contributed by atoms with Gasteiger partial charge in [-0.05, 0) is 54.9 Å². The molecule has 0 spiro atoms. The van der Waals surface area contributed by atoms with Crippen molar-refractivity contribution in [3.05, 3.63) is 40.2 Å². The summed E-state index contributed by atoms with van der Waals surface area (Å²) in [5.74, 6) is 0.547. The lowest BCUT2D eigenvalue weighted by atomic mass is 10.1. The second-order valence-corrected chi connectivity index (χ2v) is 5.89. The lowest BCUT2D eigenvalue weighted by molar-refractivity contribution is 0.102. The number of anilines is 1. The van der Waals surface area contributed by atoms with Gasteiger partial charge in [-0.3, -0.25) is 4.79 Å². The minimum absolute atomic E-state index is 0.209. The monoisotopic (exact) mass is 426 g/mol. The first-order chi connectivity index (χ1) is 12.5. The maximum atomic E-state index is 13.1. The van der Waals surface area contributed by atoms with Gasteiger partial charge in [0.25, 0.3) is 5.91 Å². The van der Waals surface area contributed by atoms with Gasteiger partial charge in [0.05, 0.1) is 30.5 Å². The van der Waals surface area contributed by atoms with Crippen molar-refractivity contribution in [1.29, 1.82) is 0 Å². The van der Waals surface area contributed by atoms with Gasteiger partial charge >= 0.3 is 0 Å². The van der Waals surface area contributed by atoms with Crippen molar-refractivity contribution in [3.63, 3.8) is 0 Å². The minimum atomic E-state index is -0.506. The number of carbonyl (C=O) groups is 1. The van der Waals surface area contributed by atoms with E-state index < -0.39 is 11.7 Å². The highest BCUT2D eigenvalue weighted by Gasteiger charge is 2.19. The quantitative estimate of drug-likeness (QED) is 0.675. The SMILES string of the molecule is CCOc1cc(C(=O)Nc2ncc(F)cc2Br)cc(OCC)c1OCC. The summed E-state index contributed by atoms with van der Waals surface area (Å²) in [7, 11) is 0. The Balaban J connectivity index is 2.38. The number of amides is 1. The molecule has 1 N–H and O–H groups in total. The van der Waals surface area contributed by atoms with Crippen LogP contribution in [0.4, 0.5) is 10.2 Å². The largest absolute Gasteiger partial charge is 0.490 e. The molecule has 2 rings (SSSR count). The molecular weight excluding hydrogens is 407 g/mol. The summed E-state index contributed by atoms with van der Waals surface area (Å²) in [5, 5.41) is 2.63. The predicted molar refractivity (Wildman–Crippen MR) is 99.8 cm³/mol. The maximum Gasteiger partial charge on any atom is 0.257 e. The van der Waals surface area contributed by atoms with E-state index in [4.69, 9.17) is 14.2 Å². The fraction of sp³-hybridized carbons (Fsp3) is 0.333. The van der Waals surface area contributed by atoms with Crippen molar-refractivity contribution in [2.45, 2.75) is 20.8 Å². The van der Waals surface area contributed by atoms with Crippen molar-refractivity contribution in [2.75, 3.05) is 25.1 Å². The molecule has 0 fully saturated rings. The highest BCUT2D eigenvalue weighted by Crippen LogP contribution is 2.39. The average Bonchev–Trinajstić information content (AvgIpc) is 2.60. The highest BCUT2D eigenvalue weighted by molar-refractivity contribution is 9.10. The number of halogens is 2. The Kier molecular flexibility index (Phi) is 7.20. The molecule has 8 heteroatoms. The van der Waals surface area contributed by atoms with Crippen molar-refractivity contribution in [2.24, 2.45) is 0 Å². The van der Waals surface area contributed by atoms with Gasteiger partial charge in [-0.1, -0.05) is 0 Å². The summed E-state index contributed by atoms with van der Waals surface area (Å²) in [6.45, 7) is 6.76. The number of pyridine rings is 1. The molecule has 2 aromatic rings. The summed E-state index contributed by atoms with van der Waals surface area (Å²) < 4.78 is 30.3. The number of benzene rings is 1. The molecule has 0 atom stereocenters. The van der Waals surface area contributed by atoms with Crippen molar-refractivity contribution < 1.29 is 23.4 Å². The van der Waals surface area contributed by atoms with Crippen LogP contribution in [0.25, 0.3) is 0 Å². The van der Waals surface area contributed by atoms with Crippen LogP contribution >= 0.6 is 15.9 Å². The van der Waals surface area contributed by atoms with Gasteiger partial charge in [-0.2, -0.15) is 0 Å². The van der Waals surface area contributed by atoms with E-state index in [9.17, 15) is 9.18 Å². The number of hydrogen-bond acceptors (Lipinski definition) is 5. The third-order valence-electron chi connectivity index (χ3n) is 3.21. The fourth-order valence-corrected chi connectivity index (χ4v) is 2.63. The summed E-state index contributed by atoms with van der Waals surface area (Å²) in [4.78, 5) is 16.5. The number of hydrogen-bond donors (Lipinski definition) is 1. The molecule has 0 aliphatic carbocycles. The molecule has 0 saturated heterocycles. The Hall–Kier alpha value is -2.35. The van der Waals surface area contributed by atoms with Crippen molar-refractivity contribution >= 4 is 27.7 Å². The number of rotatable bonds is 8. The lowest BCUT2D eigenvalue weighted by Gasteiger charge is -2.17. The zero-order valence-corrected chi connectivity index (χ0v) is 16.4. The van der Waals surface area contributed by atoms with Gasteiger partial charge in [-0.15, -0.1) is 0 Å². The number of ether oxygens (including phenoxy) is 3. The van der Waals surface area contributed by atoms with E-state index in [-0.39, 0.29) is 5.82 Å². The molecule has 0 aliphatic heterocycles. The Labute approximate surface area is 159 Å². The molecule has 1 heterocycles. The molecule has 1 amide bonds. The van der Waals surface area contributed by atoms with Crippen molar-refractivity contribution in [3.8, 4) is 17.2 Å². The molecule has 0 aliphatic rings. The molecule has 140 valence electrons. The molecule has 0 saturated carbocycles. The van der Waals surface area contributed by atoms with Crippen LogP contribution in [-0.2, 0) is 0 Å². The first-order valence-electron chi connectivity index (χ1n) is 8.18. The van der Waals surface area contributed by atoms with Crippen molar-refractivity contribution in [1.82, 2.24) is 4.98 Å². The standard InChI is InChI=1S/C18H20BrFN2O4/c1-4-24-14-7-11(8-15(25-5-2)16(14)26-6-3)18(23)22-17-13(19)9-12(20)10-21-17/h7-10H,4-6H2,1-3H3,(H,21,22,23). The Bertz CT molecular complexity index is 759. The topological polar surface area (TPSA) is 69.7 Å². The third kappa shape index (κ3) is 4.85. The van der Waals surface area contributed by atoms with Gasteiger partial charge < -0.3 is 19.5 Å². The summed E-state index contributed by atoms with van der Waals surface area (Å²) >= 11 is 3.17. The molecule has 6 nitrogen and oxygen atoms in total. The van der Waals surface area contributed by atoms with E-state index in [0.29, 0.717) is 47.1 Å². The van der Waals surface area contributed by atoms with Gasteiger partial charge in [0.2, 0.25) is 5.75 Å². The zero-order chi connectivity index (χ0) is 19.1. The van der Waals surface area contributed by atoms with Gasteiger partial charge in [-0.25, -0.2) is 9.37 Å². The second kappa shape index (κ2) is 9.38. The van der Waals surface area contributed by atoms with Crippen LogP contribution in [-0.4, -0.2) is 30.7 Å². The van der Waals surface area contributed by atoms with Crippen LogP contribution < -0.4 is 19.5 Å². The summed E-state index contributed by atoms with van der Waals surface area (Å²) in [6, 6.07) is 4.37. The molecule has 1 aromatic carbocycles. The van der Waals surface area contributed by atoms with Crippen LogP contribution in [0.15, 0.2) is 28.9 Å². The zero-order valence-electron chi connectivity index (χ0n) is 14.8. The molecule has 0 radical (unpaired) electrons. The Morgan fingerprint density at radius 1 is 1.08 bits per heavy atom. The van der Waals surface area contributed by atoms with E-state index >= 15 is 0 Å². The van der Waals surface area contributed by atoms with E-state index in [1.807, 2.05) is 20.8 Å². The smallest absolute Gasteiger partial charge is 0.257 e. The Morgan fingerprint density at radius 3 is 2.15 bits per heavy atom. The molecular formula is C18H20BrFN2O4. The van der Waals surface area contributed by atoms with E-state index in [1.165, 1.54) is 6.07 Å². The number of nitrogens with zero attached hydrogens (tertiary/aromatic N) is 1. The third-order valence-corrected chi connectivity index (χ3v) is 3.82. The normalized spacial score (nSPS) is 10.3. The summed E-state index contributed by atoms with van der Waals surface area (Å²) in [6.07, 6.45) is 1.02. The second-order valence-electron chi connectivity index (χ2n) is 5.04. The van der Waals surface area contributed by atoms with Gasteiger partial charge in [0.15, 0.2) is 11.5 Å². The van der Waals surface area contributed by atoms with E-state index in [2.05, 4.69) is 26.2 Å². The fourth-order valence-electron chi connectivity index (χ4n) is 2.21. The summed E-state index contributed by atoms with van der Waals surface area (Å²) in [5.41, 5.74) is 0.304. The number of nitrogens with one attached hydrogen (secondary N) is 1. The van der Waals surface area contributed by atoms with Crippen LogP contribution in [0.3, 0.4) is 0 Å². The average molecular weight is 427 g/mol. The lowest BCUT2D eigenvalue weighted by Crippen LogP contribution is -2.14. The van der Waals surface area contributed by atoms with Gasteiger partial charge in [0.1, 0.15) is 11.6 Å². The molecule has 1 aromatic heterocycles. The highest BCUT2D eigenvalue weighted by atomic mass is 79.9. The molecule has 0 unspecified atom stereocenters. The van der Waals surface area contributed by atoms with Crippen LogP contribution in [0.5, 0.6) is 17.2 Å². The van der Waals surface area contributed by atoms with Crippen LogP contribution in [0, 0.1) is 5.82 Å². The number of aromatic nitrogens is 1. The van der Waals surface area contributed by atoms with Crippen LogP contribution in [0.2, 0.25) is 0 Å². The minimum Gasteiger partial charge on any atom is -0.490 e. The first kappa shape index (κ1) is 20.0. The van der Waals surface area contributed by atoms with Crippen LogP contribution in [0.1, 0.15) is 31.1 Å². The molecule has 0 bridgehead atoms. The first-order valence-corrected chi connectivity index (χ1v) is 8.98. The molecule has 26 heavy (non-hydrogen) atoms. The van der Waals surface area contributed by atoms with Gasteiger partial charge in [0, 0.05) is 5.56 Å². The number of carbonyl (C=O) groups excluding carboxylic acids is 1. The Morgan fingerprint density at radius 2 is 1.65 bits per heavy atom. The van der Waals surface area contributed by atoms with E-state index in [1.54, 1.807) is 12.1 Å².